The molecule has 1 aromatic rings. The molecule has 0 aliphatic carbocycles. The average Bonchev–Trinajstić information content (AvgIpc) is 2.66. The van der Waals surface area contributed by atoms with Crippen molar-refractivity contribution in [1.29, 1.82) is 0 Å². The minimum Gasteiger partial charge on any atom is -0.487 e. The largest absolute Gasteiger partial charge is 0.487 e. The molecule has 0 aromatic heterocycles. The van der Waals surface area contributed by atoms with Crippen LogP contribution in [0, 0.1) is 0 Å². The van der Waals surface area contributed by atoms with Crippen LogP contribution >= 0.6 is 15.9 Å². The van der Waals surface area contributed by atoms with Gasteiger partial charge in [-0.15, -0.1) is 0 Å². The summed E-state index contributed by atoms with van der Waals surface area (Å²) in [5, 5.41) is 3.87. The standard InChI is InChI=1S/C11H13BrN2O2/c1-7-4-9(16-14-7)6-15-11-5-8(12)2-3-10(11)13/h2-3,5,9H,4,6,13H2,1H3. The highest BCUT2D eigenvalue weighted by Crippen LogP contribution is 2.26. The van der Waals surface area contributed by atoms with E-state index in [2.05, 4.69) is 21.1 Å². The fourth-order valence-corrected chi connectivity index (χ4v) is 1.81. The van der Waals surface area contributed by atoms with Crippen LogP contribution in [0.2, 0.25) is 0 Å². The summed E-state index contributed by atoms with van der Waals surface area (Å²) in [7, 11) is 0. The predicted molar refractivity (Wildman–Crippen MR) is 66.6 cm³/mol. The molecule has 0 spiro atoms. The minimum absolute atomic E-state index is 0.00150. The predicted octanol–water partition coefficient (Wildman–Crippen LogP) is 2.57. The molecule has 0 bridgehead atoms. The third-order valence-electron chi connectivity index (χ3n) is 2.28. The molecule has 5 heteroatoms. The molecule has 2 rings (SSSR count). The first-order chi connectivity index (χ1) is 7.65. The van der Waals surface area contributed by atoms with Gasteiger partial charge in [0, 0.05) is 10.9 Å². The molecule has 1 aliphatic heterocycles. The summed E-state index contributed by atoms with van der Waals surface area (Å²) in [6.45, 7) is 2.40. The maximum Gasteiger partial charge on any atom is 0.166 e. The number of nitrogens with zero attached hydrogens (tertiary/aromatic N) is 1. The molecule has 1 aliphatic rings. The lowest BCUT2D eigenvalue weighted by Crippen LogP contribution is -2.18. The molecule has 1 aromatic carbocycles. The molecule has 0 fully saturated rings. The lowest BCUT2D eigenvalue weighted by Gasteiger charge is -2.12. The van der Waals surface area contributed by atoms with E-state index < -0.39 is 0 Å². The highest BCUT2D eigenvalue weighted by molar-refractivity contribution is 9.10. The maximum absolute atomic E-state index is 5.79. The third-order valence-corrected chi connectivity index (χ3v) is 2.77. The molecule has 86 valence electrons. The van der Waals surface area contributed by atoms with Gasteiger partial charge in [-0.05, 0) is 25.1 Å². The highest BCUT2D eigenvalue weighted by atomic mass is 79.9. The Bertz CT molecular complexity index is 420. The van der Waals surface area contributed by atoms with Crippen molar-refractivity contribution in [3.05, 3.63) is 22.7 Å². The molecular weight excluding hydrogens is 272 g/mol. The van der Waals surface area contributed by atoms with Gasteiger partial charge in [-0.3, -0.25) is 0 Å². The van der Waals surface area contributed by atoms with Crippen molar-refractivity contribution in [1.82, 2.24) is 0 Å². The van der Waals surface area contributed by atoms with Crippen LogP contribution in [0.1, 0.15) is 13.3 Å². The van der Waals surface area contributed by atoms with Crippen molar-refractivity contribution < 1.29 is 9.57 Å². The van der Waals surface area contributed by atoms with Gasteiger partial charge < -0.3 is 15.3 Å². The molecule has 2 N–H and O–H groups in total. The zero-order valence-electron chi connectivity index (χ0n) is 8.94. The summed E-state index contributed by atoms with van der Waals surface area (Å²) in [6.07, 6.45) is 0.812. The summed E-state index contributed by atoms with van der Waals surface area (Å²) in [4.78, 5) is 5.17. The zero-order chi connectivity index (χ0) is 11.5. The first kappa shape index (κ1) is 11.3. The van der Waals surface area contributed by atoms with Crippen LogP contribution in [-0.2, 0) is 4.84 Å². The highest BCUT2D eigenvalue weighted by Gasteiger charge is 2.19. The van der Waals surface area contributed by atoms with E-state index >= 15 is 0 Å². The van der Waals surface area contributed by atoms with Crippen molar-refractivity contribution >= 4 is 27.3 Å². The van der Waals surface area contributed by atoms with E-state index in [-0.39, 0.29) is 6.10 Å². The number of oxime groups is 1. The number of rotatable bonds is 3. The van der Waals surface area contributed by atoms with E-state index in [0.29, 0.717) is 18.0 Å². The van der Waals surface area contributed by atoms with Gasteiger partial charge in [-0.25, -0.2) is 0 Å². The molecule has 16 heavy (non-hydrogen) atoms. The van der Waals surface area contributed by atoms with E-state index in [1.165, 1.54) is 0 Å². The van der Waals surface area contributed by atoms with E-state index in [1.54, 1.807) is 6.07 Å². The van der Waals surface area contributed by atoms with Crippen LogP contribution < -0.4 is 10.5 Å². The molecule has 0 radical (unpaired) electrons. The molecule has 1 heterocycles. The first-order valence-electron chi connectivity index (χ1n) is 5.02. The molecule has 1 atom stereocenters. The van der Waals surface area contributed by atoms with Crippen LogP contribution in [0.15, 0.2) is 27.8 Å². The second-order valence-electron chi connectivity index (χ2n) is 3.75. The van der Waals surface area contributed by atoms with Gasteiger partial charge in [-0.1, -0.05) is 21.1 Å². The number of ether oxygens (including phenoxy) is 1. The van der Waals surface area contributed by atoms with E-state index in [1.807, 2.05) is 19.1 Å². The number of anilines is 1. The van der Waals surface area contributed by atoms with Gasteiger partial charge >= 0.3 is 0 Å². The van der Waals surface area contributed by atoms with E-state index in [4.69, 9.17) is 15.3 Å². The van der Waals surface area contributed by atoms with Crippen LogP contribution in [0.25, 0.3) is 0 Å². The molecular formula is C11H13BrN2O2. The summed E-state index contributed by atoms with van der Waals surface area (Å²) < 4.78 is 6.54. The van der Waals surface area contributed by atoms with Crippen molar-refractivity contribution in [2.24, 2.45) is 5.16 Å². The second-order valence-corrected chi connectivity index (χ2v) is 4.67. The molecule has 0 saturated heterocycles. The maximum atomic E-state index is 5.79. The third kappa shape index (κ3) is 2.66. The Balaban J connectivity index is 1.92. The summed E-state index contributed by atoms with van der Waals surface area (Å²) in [5.41, 5.74) is 7.41. The Morgan fingerprint density at radius 3 is 3.12 bits per heavy atom. The summed E-state index contributed by atoms with van der Waals surface area (Å²) in [6, 6.07) is 5.52. The van der Waals surface area contributed by atoms with Crippen LogP contribution in [0.4, 0.5) is 5.69 Å². The van der Waals surface area contributed by atoms with Gasteiger partial charge in [0.1, 0.15) is 12.4 Å². The lowest BCUT2D eigenvalue weighted by molar-refractivity contribution is 0.0473. The van der Waals surface area contributed by atoms with Crippen molar-refractivity contribution in [2.45, 2.75) is 19.4 Å². The first-order valence-corrected chi connectivity index (χ1v) is 5.81. The average molecular weight is 285 g/mol. The SMILES string of the molecule is CC1=NOC(COc2cc(Br)ccc2N)C1. The molecule has 0 amide bonds. The van der Waals surface area contributed by atoms with Crippen LogP contribution in [0.5, 0.6) is 5.75 Å². The van der Waals surface area contributed by atoms with E-state index in [9.17, 15) is 0 Å². The topological polar surface area (TPSA) is 56.8 Å². The Morgan fingerprint density at radius 2 is 2.44 bits per heavy atom. The second kappa shape index (κ2) is 4.74. The van der Waals surface area contributed by atoms with Gasteiger partial charge in [0.25, 0.3) is 0 Å². The normalized spacial score (nSPS) is 19.1. The Morgan fingerprint density at radius 1 is 1.62 bits per heavy atom. The fraction of sp³-hybridized carbons (Fsp3) is 0.364. The summed E-state index contributed by atoms with van der Waals surface area (Å²) >= 11 is 3.37. The van der Waals surface area contributed by atoms with Crippen molar-refractivity contribution in [3.8, 4) is 5.75 Å². The van der Waals surface area contributed by atoms with E-state index in [0.717, 1.165) is 16.6 Å². The number of benzene rings is 1. The monoisotopic (exact) mass is 284 g/mol. The summed E-state index contributed by atoms with van der Waals surface area (Å²) in [5.74, 6) is 0.669. The Kier molecular flexibility index (Phi) is 3.33. The number of nitrogens with two attached hydrogens (primary N) is 1. The Labute approximate surface area is 103 Å². The van der Waals surface area contributed by atoms with Gasteiger partial charge in [0.05, 0.1) is 11.4 Å². The van der Waals surface area contributed by atoms with Gasteiger partial charge in [-0.2, -0.15) is 0 Å². The van der Waals surface area contributed by atoms with Gasteiger partial charge in [0.15, 0.2) is 6.10 Å². The van der Waals surface area contributed by atoms with Crippen LogP contribution in [0.3, 0.4) is 0 Å². The molecule has 4 nitrogen and oxygen atoms in total. The van der Waals surface area contributed by atoms with Crippen molar-refractivity contribution in [2.75, 3.05) is 12.3 Å². The number of hydrogen-bond acceptors (Lipinski definition) is 4. The lowest BCUT2D eigenvalue weighted by atomic mass is 10.2. The van der Waals surface area contributed by atoms with Gasteiger partial charge in [0.2, 0.25) is 0 Å². The number of halogens is 1. The number of hydrogen-bond donors (Lipinski definition) is 1. The zero-order valence-corrected chi connectivity index (χ0v) is 10.5. The fourth-order valence-electron chi connectivity index (χ4n) is 1.47. The van der Waals surface area contributed by atoms with Crippen molar-refractivity contribution in [3.63, 3.8) is 0 Å². The Hall–Kier alpha value is -1.23. The van der Waals surface area contributed by atoms with Crippen LogP contribution in [-0.4, -0.2) is 18.4 Å². The number of nitrogen functional groups attached to an aromatic ring is 1. The minimum atomic E-state index is -0.00150. The molecule has 0 saturated carbocycles. The molecule has 1 unspecified atom stereocenters. The smallest absolute Gasteiger partial charge is 0.166 e. The quantitative estimate of drug-likeness (QED) is 0.868.